The van der Waals surface area contributed by atoms with E-state index in [-0.39, 0.29) is 22.2 Å². The van der Waals surface area contributed by atoms with Gasteiger partial charge < -0.3 is 14.5 Å². The average molecular weight is 376 g/mol. The summed E-state index contributed by atoms with van der Waals surface area (Å²) in [4.78, 5) is 27.1. The molecule has 2 aromatic rings. The molecular formula is C18H18ClN3O4. The largest absolute Gasteiger partial charge is 0.497 e. The molecule has 0 N–H and O–H groups in total. The second-order valence-corrected chi connectivity index (χ2v) is 6.34. The van der Waals surface area contributed by atoms with Crippen molar-refractivity contribution in [3.05, 3.63) is 63.2 Å². The van der Waals surface area contributed by atoms with Crippen LogP contribution < -0.4 is 9.64 Å². The highest BCUT2D eigenvalue weighted by atomic mass is 35.5. The smallest absolute Gasteiger partial charge is 0.283 e. The van der Waals surface area contributed by atoms with E-state index in [1.54, 1.807) is 12.0 Å². The number of hydrogen-bond donors (Lipinski definition) is 0. The zero-order valence-electron chi connectivity index (χ0n) is 14.2. The van der Waals surface area contributed by atoms with Crippen molar-refractivity contribution in [2.75, 3.05) is 38.2 Å². The van der Waals surface area contributed by atoms with Gasteiger partial charge in [0.1, 0.15) is 11.3 Å². The fourth-order valence-electron chi connectivity index (χ4n) is 2.98. The van der Waals surface area contributed by atoms with Gasteiger partial charge in [0.15, 0.2) is 0 Å². The zero-order valence-corrected chi connectivity index (χ0v) is 15.0. The molecule has 0 atom stereocenters. The molecule has 1 heterocycles. The van der Waals surface area contributed by atoms with E-state index in [0.717, 1.165) is 11.4 Å². The number of carbonyl (C=O) groups excluding carboxylic acids is 1. The summed E-state index contributed by atoms with van der Waals surface area (Å²) in [6.07, 6.45) is 0. The highest BCUT2D eigenvalue weighted by molar-refractivity contribution is 6.31. The van der Waals surface area contributed by atoms with Crippen LogP contribution in [0.5, 0.6) is 5.75 Å². The van der Waals surface area contributed by atoms with Gasteiger partial charge in [0.25, 0.3) is 11.6 Å². The quantitative estimate of drug-likeness (QED) is 0.605. The van der Waals surface area contributed by atoms with Crippen molar-refractivity contribution in [1.82, 2.24) is 4.90 Å². The molecule has 1 amide bonds. The van der Waals surface area contributed by atoms with Gasteiger partial charge in [0, 0.05) is 49.0 Å². The Morgan fingerprint density at radius 1 is 1.15 bits per heavy atom. The molecule has 0 bridgehead atoms. The number of methoxy groups -OCH3 is 1. The fourth-order valence-corrected chi connectivity index (χ4v) is 3.15. The molecule has 0 spiro atoms. The van der Waals surface area contributed by atoms with E-state index >= 15 is 0 Å². The molecule has 0 unspecified atom stereocenters. The Kier molecular flexibility index (Phi) is 5.27. The molecule has 7 nitrogen and oxygen atoms in total. The van der Waals surface area contributed by atoms with Gasteiger partial charge in [-0.25, -0.2) is 0 Å². The van der Waals surface area contributed by atoms with Gasteiger partial charge in [-0.15, -0.1) is 0 Å². The van der Waals surface area contributed by atoms with Crippen molar-refractivity contribution in [3.8, 4) is 5.75 Å². The first-order valence-electron chi connectivity index (χ1n) is 8.12. The number of piperazine rings is 1. The Bertz CT molecular complexity index is 835. The molecule has 1 saturated heterocycles. The second kappa shape index (κ2) is 7.61. The van der Waals surface area contributed by atoms with Gasteiger partial charge in [-0.2, -0.15) is 0 Å². The lowest BCUT2D eigenvalue weighted by Gasteiger charge is -2.36. The topological polar surface area (TPSA) is 75.9 Å². The summed E-state index contributed by atoms with van der Waals surface area (Å²) in [7, 11) is 1.62. The van der Waals surface area contributed by atoms with Crippen LogP contribution in [0.15, 0.2) is 42.5 Å². The van der Waals surface area contributed by atoms with Gasteiger partial charge in [-0.3, -0.25) is 14.9 Å². The van der Waals surface area contributed by atoms with Crippen LogP contribution in [0.4, 0.5) is 11.4 Å². The number of anilines is 1. The molecule has 0 saturated carbocycles. The summed E-state index contributed by atoms with van der Waals surface area (Å²) in [6.45, 7) is 2.24. The van der Waals surface area contributed by atoms with E-state index in [4.69, 9.17) is 16.3 Å². The Hall–Kier alpha value is -2.80. The van der Waals surface area contributed by atoms with E-state index < -0.39 is 4.92 Å². The van der Waals surface area contributed by atoms with Gasteiger partial charge in [-0.05, 0) is 24.3 Å². The Balaban J connectivity index is 1.72. The van der Waals surface area contributed by atoms with E-state index in [0.29, 0.717) is 26.2 Å². The normalized spacial score (nSPS) is 14.2. The zero-order chi connectivity index (χ0) is 18.7. The van der Waals surface area contributed by atoms with Crippen molar-refractivity contribution in [1.29, 1.82) is 0 Å². The minimum Gasteiger partial charge on any atom is -0.497 e. The number of nitro groups is 1. The molecule has 1 aliphatic heterocycles. The van der Waals surface area contributed by atoms with Crippen LogP contribution in [-0.4, -0.2) is 49.0 Å². The first-order chi connectivity index (χ1) is 12.5. The van der Waals surface area contributed by atoms with Gasteiger partial charge in [0.05, 0.1) is 12.0 Å². The van der Waals surface area contributed by atoms with Crippen LogP contribution in [0.3, 0.4) is 0 Å². The molecule has 8 heteroatoms. The lowest BCUT2D eigenvalue weighted by atomic mass is 10.1. The van der Waals surface area contributed by atoms with Crippen LogP contribution in [-0.2, 0) is 0 Å². The second-order valence-electron chi connectivity index (χ2n) is 5.90. The number of amides is 1. The van der Waals surface area contributed by atoms with Crippen molar-refractivity contribution >= 4 is 28.9 Å². The van der Waals surface area contributed by atoms with Crippen molar-refractivity contribution in [3.63, 3.8) is 0 Å². The van der Waals surface area contributed by atoms with Crippen molar-refractivity contribution in [2.24, 2.45) is 0 Å². The number of hydrogen-bond acceptors (Lipinski definition) is 5. The number of rotatable bonds is 4. The van der Waals surface area contributed by atoms with Gasteiger partial charge >= 0.3 is 0 Å². The summed E-state index contributed by atoms with van der Waals surface area (Å²) in [6, 6.07) is 11.9. The number of halogens is 1. The monoisotopic (exact) mass is 375 g/mol. The van der Waals surface area contributed by atoms with Crippen LogP contribution >= 0.6 is 11.6 Å². The predicted octanol–water partition coefficient (Wildman–Crippen LogP) is 3.22. The highest BCUT2D eigenvalue weighted by Crippen LogP contribution is 2.26. The van der Waals surface area contributed by atoms with Crippen molar-refractivity contribution in [2.45, 2.75) is 0 Å². The summed E-state index contributed by atoms with van der Waals surface area (Å²) in [5.41, 5.74) is 0.820. The van der Waals surface area contributed by atoms with Crippen molar-refractivity contribution < 1.29 is 14.5 Å². The maximum atomic E-state index is 12.7. The van der Waals surface area contributed by atoms with E-state index in [2.05, 4.69) is 4.90 Å². The number of benzene rings is 2. The van der Waals surface area contributed by atoms with Crippen LogP contribution in [0.25, 0.3) is 0 Å². The third-order valence-corrected chi connectivity index (χ3v) is 4.61. The van der Waals surface area contributed by atoms with Crippen LogP contribution in [0, 0.1) is 10.1 Å². The van der Waals surface area contributed by atoms with Gasteiger partial charge in [0.2, 0.25) is 0 Å². The van der Waals surface area contributed by atoms with Crippen LogP contribution in [0.1, 0.15) is 10.4 Å². The lowest BCUT2D eigenvalue weighted by Crippen LogP contribution is -2.48. The molecule has 3 rings (SSSR count). The summed E-state index contributed by atoms with van der Waals surface area (Å²) >= 11 is 5.82. The maximum Gasteiger partial charge on any atom is 0.283 e. The third-order valence-electron chi connectivity index (χ3n) is 4.37. The predicted molar refractivity (Wildman–Crippen MR) is 99.2 cm³/mol. The summed E-state index contributed by atoms with van der Waals surface area (Å²) in [5, 5.41) is 11.4. The first-order valence-corrected chi connectivity index (χ1v) is 8.49. The summed E-state index contributed by atoms with van der Waals surface area (Å²) in [5.74, 6) is 0.427. The maximum absolute atomic E-state index is 12.7. The molecule has 1 fully saturated rings. The number of carbonyl (C=O) groups is 1. The van der Waals surface area contributed by atoms with E-state index in [1.807, 2.05) is 24.3 Å². The molecule has 0 radical (unpaired) electrons. The summed E-state index contributed by atoms with van der Waals surface area (Å²) < 4.78 is 5.24. The molecule has 0 aliphatic carbocycles. The molecule has 2 aromatic carbocycles. The standard InChI is InChI=1S/C18H18ClN3O4/c1-26-15-4-2-3-14(12-15)20-7-9-21(10-8-20)18(23)16-6-5-13(19)11-17(16)22(24)25/h2-6,11-12H,7-10H2,1H3. The SMILES string of the molecule is COc1cccc(N2CCN(C(=O)c3ccc(Cl)cc3[N+](=O)[O-])CC2)c1. The first kappa shape index (κ1) is 18.0. The minimum absolute atomic E-state index is 0.0641. The lowest BCUT2D eigenvalue weighted by molar-refractivity contribution is -0.385. The minimum atomic E-state index is -0.578. The average Bonchev–Trinajstić information content (AvgIpc) is 2.67. The number of nitro benzene ring substituents is 1. The fraction of sp³-hybridized carbons (Fsp3) is 0.278. The Morgan fingerprint density at radius 2 is 1.88 bits per heavy atom. The van der Waals surface area contributed by atoms with Gasteiger partial charge in [-0.1, -0.05) is 17.7 Å². The Labute approximate surface area is 155 Å². The third kappa shape index (κ3) is 3.72. The number of ether oxygens (including phenoxy) is 1. The highest BCUT2D eigenvalue weighted by Gasteiger charge is 2.27. The van der Waals surface area contributed by atoms with E-state index in [9.17, 15) is 14.9 Å². The molecule has 26 heavy (non-hydrogen) atoms. The molecule has 1 aliphatic rings. The van der Waals surface area contributed by atoms with Crippen LogP contribution in [0.2, 0.25) is 5.02 Å². The van der Waals surface area contributed by atoms with E-state index in [1.165, 1.54) is 18.2 Å². The molecular weight excluding hydrogens is 358 g/mol. The number of nitrogens with zero attached hydrogens (tertiary/aromatic N) is 3. The molecule has 0 aromatic heterocycles. The molecule has 136 valence electrons. The Morgan fingerprint density at radius 3 is 2.54 bits per heavy atom.